The van der Waals surface area contributed by atoms with E-state index in [0.717, 1.165) is 84.5 Å². The molecule has 4 heteroatoms. The molecule has 0 heterocycles. The molecular weight excluding hydrogens is 602 g/mol. The van der Waals surface area contributed by atoms with Gasteiger partial charge in [-0.05, 0) is 140 Å². The smallest absolute Gasteiger partial charge is 0.306 e. The van der Waals surface area contributed by atoms with Crippen LogP contribution in [0.15, 0.2) is 60.2 Å². The molecule has 0 spiro atoms. The van der Waals surface area contributed by atoms with Crippen molar-refractivity contribution in [2.24, 2.45) is 46.3 Å². The molecule has 4 aliphatic carbocycles. The minimum Gasteiger partial charge on any atom is -0.494 e. The summed E-state index contributed by atoms with van der Waals surface area (Å²) in [6, 6.07) is 17.8. The number of carbonyl (C=O) groups excluding carboxylic acids is 1. The Balaban J connectivity index is 0.934. The van der Waals surface area contributed by atoms with E-state index in [1.54, 1.807) is 5.57 Å². The summed E-state index contributed by atoms with van der Waals surface area (Å²) in [7, 11) is 0. The summed E-state index contributed by atoms with van der Waals surface area (Å²) in [6.07, 6.45) is 18.9. The molecule has 0 aromatic heterocycles. The number of rotatable bonds is 13. The molecule has 0 amide bonds. The van der Waals surface area contributed by atoms with Gasteiger partial charge in [0.15, 0.2) is 0 Å². The summed E-state index contributed by atoms with van der Waals surface area (Å²) >= 11 is 0. The molecule has 0 saturated heterocycles. The Kier molecular flexibility index (Phi) is 11.3. The van der Waals surface area contributed by atoms with Gasteiger partial charge in [-0.1, -0.05) is 89.8 Å². The molecule has 0 N–H and O–H groups in total. The zero-order chi connectivity index (χ0) is 34.6. The van der Waals surface area contributed by atoms with Crippen LogP contribution in [0.1, 0.15) is 130 Å². The third-order valence-corrected chi connectivity index (χ3v) is 13.8. The first-order valence-electron chi connectivity index (χ1n) is 19.7. The van der Waals surface area contributed by atoms with E-state index in [4.69, 9.17) is 14.7 Å². The predicted molar refractivity (Wildman–Crippen MR) is 199 cm³/mol. The van der Waals surface area contributed by atoms with Crippen LogP contribution in [-0.4, -0.2) is 18.7 Å². The van der Waals surface area contributed by atoms with Crippen molar-refractivity contribution in [3.63, 3.8) is 0 Å². The number of hydrogen-bond donors (Lipinski definition) is 0. The van der Waals surface area contributed by atoms with Crippen LogP contribution in [0.5, 0.6) is 5.75 Å². The van der Waals surface area contributed by atoms with Gasteiger partial charge < -0.3 is 9.47 Å². The molecule has 49 heavy (non-hydrogen) atoms. The van der Waals surface area contributed by atoms with E-state index in [0.29, 0.717) is 24.0 Å². The van der Waals surface area contributed by atoms with Gasteiger partial charge in [0.2, 0.25) is 0 Å². The number of unbranched alkanes of at least 4 members (excludes halogenated alkanes) is 1. The second kappa shape index (κ2) is 15.4. The fraction of sp³-hybridized carbons (Fsp3) is 0.644. The first-order valence-corrected chi connectivity index (χ1v) is 19.7. The first kappa shape index (κ1) is 35.8. The van der Waals surface area contributed by atoms with E-state index in [9.17, 15) is 4.79 Å². The molecule has 3 saturated carbocycles. The van der Waals surface area contributed by atoms with Crippen LogP contribution in [-0.2, 0) is 9.53 Å². The number of carbonyl (C=O) groups is 1. The van der Waals surface area contributed by atoms with E-state index in [2.05, 4.69) is 46.8 Å². The summed E-state index contributed by atoms with van der Waals surface area (Å²) in [5.74, 6) is 5.86. The molecule has 4 nitrogen and oxygen atoms in total. The van der Waals surface area contributed by atoms with Gasteiger partial charge in [-0.25, -0.2) is 0 Å². The molecule has 0 bridgehead atoms. The van der Waals surface area contributed by atoms with Crippen LogP contribution >= 0.6 is 0 Å². The number of nitrogens with zero attached hydrogens (tertiary/aromatic N) is 1. The Morgan fingerprint density at radius 3 is 2.33 bits per heavy atom. The number of nitriles is 1. The maximum absolute atomic E-state index is 12.9. The minimum atomic E-state index is -0.0531. The molecule has 2 aromatic carbocycles. The summed E-state index contributed by atoms with van der Waals surface area (Å²) in [6.45, 7) is 13.1. The van der Waals surface area contributed by atoms with Crippen LogP contribution in [0.4, 0.5) is 0 Å². The second-order valence-electron chi connectivity index (χ2n) is 17.2. The van der Waals surface area contributed by atoms with Crippen LogP contribution in [0.2, 0.25) is 0 Å². The van der Waals surface area contributed by atoms with Gasteiger partial charge in [0, 0.05) is 12.8 Å². The van der Waals surface area contributed by atoms with Crippen molar-refractivity contribution in [3.8, 4) is 22.9 Å². The van der Waals surface area contributed by atoms with E-state index in [-0.39, 0.29) is 17.5 Å². The minimum absolute atomic E-state index is 0.0330. The van der Waals surface area contributed by atoms with Crippen molar-refractivity contribution in [2.45, 2.75) is 131 Å². The van der Waals surface area contributed by atoms with Gasteiger partial charge in [0.1, 0.15) is 11.9 Å². The van der Waals surface area contributed by atoms with Crippen LogP contribution < -0.4 is 4.74 Å². The highest BCUT2D eigenvalue weighted by molar-refractivity contribution is 5.69. The lowest BCUT2D eigenvalue weighted by Crippen LogP contribution is -2.51. The van der Waals surface area contributed by atoms with Crippen LogP contribution in [0.3, 0.4) is 0 Å². The van der Waals surface area contributed by atoms with E-state index in [1.807, 2.05) is 48.5 Å². The molecule has 4 aliphatic rings. The van der Waals surface area contributed by atoms with Crippen molar-refractivity contribution < 1.29 is 14.3 Å². The average molecular weight is 664 g/mol. The lowest BCUT2D eigenvalue weighted by molar-refractivity contribution is -0.151. The molecule has 8 atom stereocenters. The Morgan fingerprint density at radius 1 is 0.878 bits per heavy atom. The first-order chi connectivity index (χ1) is 23.6. The van der Waals surface area contributed by atoms with Crippen molar-refractivity contribution in [1.29, 1.82) is 5.26 Å². The summed E-state index contributed by atoms with van der Waals surface area (Å²) in [4.78, 5) is 12.9. The van der Waals surface area contributed by atoms with E-state index in [1.165, 1.54) is 51.4 Å². The fourth-order valence-corrected chi connectivity index (χ4v) is 11.0. The lowest BCUT2D eigenvalue weighted by atomic mass is 9.47. The largest absolute Gasteiger partial charge is 0.494 e. The Morgan fingerprint density at radius 2 is 1.61 bits per heavy atom. The predicted octanol–water partition coefficient (Wildman–Crippen LogP) is 11.7. The second-order valence-corrected chi connectivity index (χ2v) is 17.2. The van der Waals surface area contributed by atoms with Gasteiger partial charge in [-0.2, -0.15) is 5.26 Å². The van der Waals surface area contributed by atoms with E-state index < -0.39 is 0 Å². The highest BCUT2D eigenvalue weighted by Crippen LogP contribution is 2.67. The topological polar surface area (TPSA) is 59.3 Å². The van der Waals surface area contributed by atoms with Crippen molar-refractivity contribution in [2.75, 3.05) is 6.61 Å². The summed E-state index contributed by atoms with van der Waals surface area (Å²) in [5, 5.41) is 9.01. The van der Waals surface area contributed by atoms with E-state index >= 15 is 0 Å². The van der Waals surface area contributed by atoms with Crippen LogP contribution in [0.25, 0.3) is 11.1 Å². The average Bonchev–Trinajstić information content (AvgIpc) is 3.46. The quantitative estimate of drug-likeness (QED) is 0.122. The van der Waals surface area contributed by atoms with Crippen molar-refractivity contribution in [3.05, 3.63) is 65.7 Å². The lowest BCUT2D eigenvalue weighted by Gasteiger charge is -2.58. The number of benzene rings is 2. The highest BCUT2D eigenvalue weighted by Gasteiger charge is 2.59. The maximum Gasteiger partial charge on any atom is 0.306 e. The number of hydrogen-bond acceptors (Lipinski definition) is 4. The van der Waals surface area contributed by atoms with Gasteiger partial charge >= 0.3 is 5.97 Å². The molecule has 0 unspecified atom stereocenters. The summed E-state index contributed by atoms with van der Waals surface area (Å²) in [5.41, 5.74) is 5.23. The summed E-state index contributed by atoms with van der Waals surface area (Å²) < 4.78 is 12.0. The van der Waals surface area contributed by atoms with Gasteiger partial charge in [0.05, 0.1) is 18.2 Å². The van der Waals surface area contributed by atoms with Crippen LogP contribution in [0, 0.1) is 57.7 Å². The van der Waals surface area contributed by atoms with Gasteiger partial charge in [-0.15, -0.1) is 0 Å². The third kappa shape index (κ3) is 7.82. The van der Waals surface area contributed by atoms with Crippen molar-refractivity contribution in [1.82, 2.24) is 0 Å². The fourth-order valence-electron chi connectivity index (χ4n) is 11.0. The maximum atomic E-state index is 12.9. The molecule has 6 rings (SSSR count). The Labute approximate surface area is 297 Å². The molecule has 3 fully saturated rings. The molecule has 2 aromatic rings. The normalized spacial score (nSPS) is 31.1. The Bertz CT molecular complexity index is 1480. The zero-order valence-corrected chi connectivity index (χ0v) is 31.0. The number of fused-ring (bicyclic) bond motifs is 5. The highest BCUT2D eigenvalue weighted by atomic mass is 16.5. The number of allylic oxidation sites excluding steroid dienone is 1. The van der Waals surface area contributed by atoms with Crippen molar-refractivity contribution >= 4 is 5.97 Å². The molecule has 0 radical (unpaired) electrons. The SMILES string of the molecule is CC(C)CCC[C@@H](C)[C@H]1CC[C@H]2[C@@H]3CC=C4C[C@@H](OC(=O)CCCCOc5ccc(-c6ccc(C#N)cc6)cc5)CC[C@]4(C)[C@H]3CC[C@]12C. The number of esters is 1. The molecular formula is C45H61NO3. The van der Waals surface area contributed by atoms with Gasteiger partial charge in [-0.3, -0.25) is 4.79 Å². The third-order valence-electron chi connectivity index (χ3n) is 13.8. The number of ether oxygens (including phenoxy) is 2. The molecule has 0 aliphatic heterocycles. The monoisotopic (exact) mass is 663 g/mol. The Hall–Kier alpha value is -3.06. The zero-order valence-electron chi connectivity index (χ0n) is 31.0. The standard InChI is InChI=1S/C45H61NO3/c1-31(2)9-8-10-32(3)40-22-23-41-39-21-18-36-29-38(24-26-44(36,4)42(39)25-27-45(40,41)5)49-43(47)11-6-7-28-48-37-19-16-35(17-20-37)34-14-12-33(30-46)13-15-34/h12-20,31-32,38-42H,6-11,21-29H2,1-5H3/t32-,38+,39+,40-,41+,42+,44+,45-/m1/s1. The molecule has 264 valence electrons. The van der Waals surface area contributed by atoms with Gasteiger partial charge in [0.25, 0.3) is 0 Å².